The van der Waals surface area contributed by atoms with E-state index in [0.717, 1.165) is 6.42 Å². The van der Waals surface area contributed by atoms with Crippen molar-refractivity contribution in [2.24, 2.45) is 0 Å². The van der Waals surface area contributed by atoms with Crippen LogP contribution in [0.25, 0.3) is 0 Å². The summed E-state index contributed by atoms with van der Waals surface area (Å²) in [6.07, 6.45) is 3.94. The van der Waals surface area contributed by atoms with Gasteiger partial charge in [-0.05, 0) is 26.7 Å². The van der Waals surface area contributed by atoms with E-state index in [9.17, 15) is 9.59 Å². The standard InChI is InChI=1S/C14H24N2O3/c1-5-10(8-14(2,3)19-4)9-15-11-6-7-12(17)16-13(11)18/h8,11,15H,5-7,9H2,1-4H3,(H,16,17,18)/b10-8+. The molecule has 0 aliphatic carbocycles. The number of amides is 2. The van der Waals surface area contributed by atoms with Gasteiger partial charge in [-0.1, -0.05) is 18.6 Å². The summed E-state index contributed by atoms with van der Waals surface area (Å²) in [6.45, 7) is 6.70. The Labute approximate surface area is 114 Å². The molecule has 5 nitrogen and oxygen atoms in total. The number of imide groups is 1. The van der Waals surface area contributed by atoms with Crippen LogP contribution in [-0.4, -0.2) is 37.1 Å². The zero-order valence-corrected chi connectivity index (χ0v) is 12.2. The molecule has 1 unspecified atom stereocenters. The second kappa shape index (κ2) is 6.82. The second-order valence-electron chi connectivity index (χ2n) is 5.35. The van der Waals surface area contributed by atoms with E-state index in [4.69, 9.17) is 4.74 Å². The number of ether oxygens (including phenoxy) is 1. The molecule has 108 valence electrons. The molecule has 1 aliphatic heterocycles. The highest BCUT2D eigenvalue weighted by molar-refractivity contribution is 6.00. The van der Waals surface area contributed by atoms with Gasteiger partial charge in [0.05, 0.1) is 11.6 Å². The van der Waals surface area contributed by atoms with E-state index in [1.54, 1.807) is 7.11 Å². The minimum atomic E-state index is -0.308. The predicted octanol–water partition coefficient (Wildman–Crippen LogP) is 1.14. The number of hydrogen-bond donors (Lipinski definition) is 2. The van der Waals surface area contributed by atoms with Gasteiger partial charge in [-0.25, -0.2) is 0 Å². The SMILES string of the molecule is CC/C(=C\C(C)(C)OC)CNC1CCC(=O)NC1=O. The topological polar surface area (TPSA) is 67.4 Å². The van der Waals surface area contributed by atoms with Crippen LogP contribution in [0.15, 0.2) is 11.6 Å². The van der Waals surface area contributed by atoms with Crippen LogP contribution in [0.4, 0.5) is 0 Å². The molecule has 0 aromatic rings. The second-order valence-corrected chi connectivity index (χ2v) is 5.35. The smallest absolute Gasteiger partial charge is 0.243 e. The van der Waals surface area contributed by atoms with E-state index in [0.29, 0.717) is 19.4 Å². The van der Waals surface area contributed by atoms with Crippen LogP contribution in [0, 0.1) is 0 Å². The molecule has 1 aliphatic rings. The normalized spacial score (nSPS) is 21.5. The highest BCUT2D eigenvalue weighted by Gasteiger charge is 2.26. The number of methoxy groups -OCH3 is 1. The number of carbonyl (C=O) groups excluding carboxylic acids is 2. The molecule has 1 saturated heterocycles. The molecule has 5 heteroatoms. The molecule has 19 heavy (non-hydrogen) atoms. The molecule has 2 amide bonds. The fourth-order valence-electron chi connectivity index (χ4n) is 1.97. The molecule has 0 aromatic heterocycles. The first-order valence-corrected chi connectivity index (χ1v) is 6.70. The van der Waals surface area contributed by atoms with Crippen molar-refractivity contribution in [2.45, 2.75) is 51.7 Å². The van der Waals surface area contributed by atoms with Gasteiger partial charge in [0.25, 0.3) is 0 Å². The van der Waals surface area contributed by atoms with E-state index >= 15 is 0 Å². The average molecular weight is 268 g/mol. The Kier molecular flexibility index (Phi) is 5.69. The lowest BCUT2D eigenvalue weighted by molar-refractivity contribution is -0.134. The highest BCUT2D eigenvalue weighted by atomic mass is 16.5. The first kappa shape index (κ1) is 15.9. The molecule has 0 saturated carbocycles. The Morgan fingerprint density at radius 2 is 2.21 bits per heavy atom. The van der Waals surface area contributed by atoms with Gasteiger partial charge in [-0.15, -0.1) is 0 Å². The summed E-state index contributed by atoms with van der Waals surface area (Å²) >= 11 is 0. The van der Waals surface area contributed by atoms with E-state index in [2.05, 4.69) is 23.6 Å². The minimum Gasteiger partial charge on any atom is -0.375 e. The zero-order valence-electron chi connectivity index (χ0n) is 12.2. The van der Waals surface area contributed by atoms with Gasteiger partial charge in [0, 0.05) is 20.1 Å². The third-order valence-corrected chi connectivity index (χ3v) is 3.35. The van der Waals surface area contributed by atoms with Crippen molar-refractivity contribution >= 4 is 11.8 Å². The van der Waals surface area contributed by atoms with Crippen LogP contribution in [0.3, 0.4) is 0 Å². The molecule has 1 fully saturated rings. The molecule has 2 N–H and O–H groups in total. The molecule has 1 atom stereocenters. The Hall–Kier alpha value is -1.20. The summed E-state index contributed by atoms with van der Waals surface area (Å²) in [4.78, 5) is 22.7. The first-order chi connectivity index (χ1) is 8.88. The summed E-state index contributed by atoms with van der Waals surface area (Å²) in [5, 5.41) is 5.55. The number of rotatable bonds is 6. The van der Waals surface area contributed by atoms with Crippen LogP contribution >= 0.6 is 0 Å². The maximum atomic E-state index is 11.6. The lowest BCUT2D eigenvalue weighted by Crippen LogP contribution is -2.51. The Bertz CT molecular complexity index is 375. The van der Waals surface area contributed by atoms with E-state index in [-0.39, 0.29) is 23.5 Å². The summed E-state index contributed by atoms with van der Waals surface area (Å²) in [5.74, 6) is -0.410. The highest BCUT2D eigenvalue weighted by Crippen LogP contribution is 2.14. The summed E-state index contributed by atoms with van der Waals surface area (Å²) < 4.78 is 5.37. The van der Waals surface area contributed by atoms with Crippen LogP contribution < -0.4 is 10.6 Å². The van der Waals surface area contributed by atoms with Crippen LogP contribution in [0.5, 0.6) is 0 Å². The average Bonchev–Trinajstić information content (AvgIpc) is 2.36. The summed E-state index contributed by atoms with van der Waals surface area (Å²) in [5.41, 5.74) is 0.884. The number of hydrogen-bond acceptors (Lipinski definition) is 4. The number of carbonyl (C=O) groups is 2. The van der Waals surface area contributed by atoms with Gasteiger partial charge in [0.15, 0.2) is 0 Å². The maximum absolute atomic E-state index is 11.6. The van der Waals surface area contributed by atoms with Crippen molar-refractivity contribution in [3.05, 3.63) is 11.6 Å². The lowest BCUT2D eigenvalue weighted by Gasteiger charge is -2.24. The quantitative estimate of drug-likeness (QED) is 0.560. The largest absolute Gasteiger partial charge is 0.375 e. The lowest BCUT2D eigenvalue weighted by atomic mass is 10.0. The van der Waals surface area contributed by atoms with Crippen molar-refractivity contribution in [3.63, 3.8) is 0 Å². The zero-order chi connectivity index (χ0) is 14.5. The molecular formula is C14H24N2O3. The third kappa shape index (κ3) is 5.12. The van der Waals surface area contributed by atoms with Crippen molar-refractivity contribution in [1.29, 1.82) is 0 Å². The van der Waals surface area contributed by atoms with Gasteiger partial charge in [0.1, 0.15) is 0 Å². The fourth-order valence-corrected chi connectivity index (χ4v) is 1.97. The Morgan fingerprint density at radius 3 is 2.74 bits per heavy atom. The van der Waals surface area contributed by atoms with Crippen LogP contribution in [0.1, 0.15) is 40.0 Å². The first-order valence-electron chi connectivity index (χ1n) is 6.70. The van der Waals surface area contributed by atoms with Crippen molar-refractivity contribution < 1.29 is 14.3 Å². The third-order valence-electron chi connectivity index (χ3n) is 3.35. The van der Waals surface area contributed by atoms with E-state index < -0.39 is 0 Å². The fraction of sp³-hybridized carbons (Fsp3) is 0.714. The summed E-state index contributed by atoms with van der Waals surface area (Å²) in [7, 11) is 1.68. The molecule has 1 heterocycles. The van der Waals surface area contributed by atoms with Gasteiger partial charge in [-0.3, -0.25) is 14.9 Å². The van der Waals surface area contributed by atoms with Gasteiger partial charge in [0.2, 0.25) is 11.8 Å². The Morgan fingerprint density at radius 1 is 1.53 bits per heavy atom. The monoisotopic (exact) mass is 268 g/mol. The number of nitrogens with one attached hydrogen (secondary N) is 2. The molecule has 0 aromatic carbocycles. The molecule has 0 spiro atoms. The van der Waals surface area contributed by atoms with Crippen LogP contribution in [0.2, 0.25) is 0 Å². The van der Waals surface area contributed by atoms with Gasteiger partial charge in [-0.2, -0.15) is 0 Å². The maximum Gasteiger partial charge on any atom is 0.243 e. The molecule has 1 rings (SSSR count). The van der Waals surface area contributed by atoms with Gasteiger partial charge < -0.3 is 10.1 Å². The van der Waals surface area contributed by atoms with Gasteiger partial charge >= 0.3 is 0 Å². The summed E-state index contributed by atoms with van der Waals surface area (Å²) in [6, 6.07) is -0.279. The predicted molar refractivity (Wildman–Crippen MR) is 73.6 cm³/mol. The van der Waals surface area contributed by atoms with Crippen molar-refractivity contribution in [1.82, 2.24) is 10.6 Å². The molecular weight excluding hydrogens is 244 g/mol. The minimum absolute atomic E-state index is 0.185. The molecule has 0 bridgehead atoms. The van der Waals surface area contributed by atoms with E-state index in [1.165, 1.54) is 5.57 Å². The number of piperidine rings is 1. The van der Waals surface area contributed by atoms with E-state index in [1.807, 2.05) is 13.8 Å². The van der Waals surface area contributed by atoms with Crippen molar-refractivity contribution in [3.8, 4) is 0 Å². The molecule has 0 radical (unpaired) electrons. The van der Waals surface area contributed by atoms with Crippen molar-refractivity contribution in [2.75, 3.05) is 13.7 Å². The Balaban J connectivity index is 2.54. The van der Waals surface area contributed by atoms with Crippen LogP contribution in [-0.2, 0) is 14.3 Å².